The molecule has 0 bridgehead atoms. The lowest BCUT2D eigenvalue weighted by atomic mass is 10.2. The van der Waals surface area contributed by atoms with Crippen LogP contribution in [-0.2, 0) is 10.0 Å². The van der Waals surface area contributed by atoms with Crippen molar-refractivity contribution >= 4 is 21.7 Å². The van der Waals surface area contributed by atoms with Crippen molar-refractivity contribution in [2.24, 2.45) is 4.99 Å². The molecule has 1 heterocycles. The minimum Gasteiger partial charge on any atom is -0.490 e. The molecule has 1 aliphatic heterocycles. The van der Waals surface area contributed by atoms with E-state index in [-0.39, 0.29) is 18.0 Å². The number of aliphatic imine (C=N–C) groups is 1. The smallest absolute Gasteiger partial charge is 0.240 e. The van der Waals surface area contributed by atoms with Crippen molar-refractivity contribution in [1.82, 2.24) is 10.0 Å². The highest BCUT2D eigenvalue weighted by Crippen LogP contribution is 2.32. The Bertz CT molecular complexity index is 975. The molecule has 0 atom stereocenters. The van der Waals surface area contributed by atoms with E-state index in [1.807, 2.05) is 32.0 Å². The van der Waals surface area contributed by atoms with Gasteiger partial charge in [0.15, 0.2) is 17.5 Å². The molecule has 2 aromatic rings. The van der Waals surface area contributed by atoms with Crippen LogP contribution in [0.4, 0.5) is 5.69 Å². The van der Waals surface area contributed by atoms with Crippen LogP contribution in [0.25, 0.3) is 0 Å². The lowest BCUT2D eigenvalue weighted by molar-refractivity contribution is 0.297. The van der Waals surface area contributed by atoms with Crippen LogP contribution in [0, 0.1) is 6.92 Å². The molecule has 3 N–H and O–H groups in total. The quantitative estimate of drug-likeness (QED) is 0.353. The Balaban J connectivity index is 1.59. The number of anilines is 1. The van der Waals surface area contributed by atoms with Gasteiger partial charge in [-0.3, -0.25) is 4.99 Å². The van der Waals surface area contributed by atoms with Crippen molar-refractivity contribution in [3.8, 4) is 11.5 Å². The van der Waals surface area contributed by atoms with Gasteiger partial charge < -0.3 is 20.1 Å². The van der Waals surface area contributed by atoms with Crippen molar-refractivity contribution in [1.29, 1.82) is 0 Å². The molecule has 0 saturated heterocycles. The summed E-state index contributed by atoms with van der Waals surface area (Å²) in [6.45, 7) is 6.28. The SMILES string of the molecule is CCNC(=NCCNS(=O)(=O)c1ccc(C)cc1)Nc1ccc2c(c1)OCCCO2. The first-order valence-corrected chi connectivity index (χ1v) is 11.5. The molecule has 0 aromatic heterocycles. The second-order valence-electron chi connectivity index (χ2n) is 6.81. The van der Waals surface area contributed by atoms with Crippen LogP contribution in [0.15, 0.2) is 52.4 Å². The van der Waals surface area contributed by atoms with Gasteiger partial charge in [0, 0.05) is 31.3 Å². The Morgan fingerprint density at radius 3 is 2.53 bits per heavy atom. The number of fused-ring (bicyclic) bond motifs is 1. The van der Waals surface area contributed by atoms with Gasteiger partial charge in [-0.15, -0.1) is 0 Å². The van der Waals surface area contributed by atoms with Crippen LogP contribution in [-0.4, -0.2) is 47.2 Å². The highest BCUT2D eigenvalue weighted by atomic mass is 32.2. The van der Waals surface area contributed by atoms with Gasteiger partial charge in [-0.1, -0.05) is 17.7 Å². The van der Waals surface area contributed by atoms with E-state index in [0.29, 0.717) is 31.5 Å². The average molecular weight is 433 g/mol. The van der Waals surface area contributed by atoms with Gasteiger partial charge in [0.1, 0.15) is 0 Å². The molecule has 0 amide bonds. The predicted octanol–water partition coefficient (Wildman–Crippen LogP) is 2.51. The summed E-state index contributed by atoms with van der Waals surface area (Å²) < 4.78 is 38.6. The van der Waals surface area contributed by atoms with E-state index in [1.165, 1.54) is 0 Å². The van der Waals surface area contributed by atoms with E-state index < -0.39 is 10.0 Å². The van der Waals surface area contributed by atoms with Crippen LogP contribution in [0.1, 0.15) is 18.9 Å². The van der Waals surface area contributed by atoms with Gasteiger partial charge in [0.25, 0.3) is 0 Å². The second kappa shape index (κ2) is 10.3. The highest BCUT2D eigenvalue weighted by Gasteiger charge is 2.13. The van der Waals surface area contributed by atoms with Gasteiger partial charge in [0.05, 0.1) is 24.7 Å². The van der Waals surface area contributed by atoms with Crippen molar-refractivity contribution in [2.75, 3.05) is 38.2 Å². The zero-order valence-electron chi connectivity index (χ0n) is 17.3. The number of hydrogen-bond donors (Lipinski definition) is 3. The van der Waals surface area contributed by atoms with Gasteiger partial charge in [-0.2, -0.15) is 0 Å². The third kappa shape index (κ3) is 6.11. The van der Waals surface area contributed by atoms with Crippen LogP contribution in [0.2, 0.25) is 0 Å². The zero-order valence-corrected chi connectivity index (χ0v) is 18.1. The number of sulfonamides is 1. The summed E-state index contributed by atoms with van der Waals surface area (Å²) in [7, 11) is -3.55. The largest absolute Gasteiger partial charge is 0.490 e. The predicted molar refractivity (Wildman–Crippen MR) is 118 cm³/mol. The summed E-state index contributed by atoms with van der Waals surface area (Å²) in [5, 5.41) is 6.36. The Hall–Kier alpha value is -2.78. The zero-order chi connectivity index (χ0) is 21.4. The van der Waals surface area contributed by atoms with Crippen molar-refractivity contribution < 1.29 is 17.9 Å². The summed E-state index contributed by atoms with van der Waals surface area (Å²) in [6, 6.07) is 12.4. The summed E-state index contributed by atoms with van der Waals surface area (Å²) >= 11 is 0. The average Bonchev–Trinajstić information content (AvgIpc) is 2.96. The molecule has 0 saturated carbocycles. The highest BCUT2D eigenvalue weighted by molar-refractivity contribution is 7.89. The number of benzene rings is 2. The molecular formula is C21H28N4O4S. The first-order valence-electron chi connectivity index (χ1n) is 9.99. The van der Waals surface area contributed by atoms with Crippen LogP contribution in [0.5, 0.6) is 11.5 Å². The normalized spacial score (nSPS) is 14.1. The molecule has 0 spiro atoms. The number of aryl methyl sites for hydroxylation is 1. The summed E-state index contributed by atoms with van der Waals surface area (Å²) in [5.74, 6) is 1.98. The maximum Gasteiger partial charge on any atom is 0.240 e. The third-order valence-electron chi connectivity index (χ3n) is 4.36. The number of rotatable bonds is 7. The maximum absolute atomic E-state index is 12.4. The van der Waals surface area contributed by atoms with E-state index >= 15 is 0 Å². The number of nitrogens with one attached hydrogen (secondary N) is 3. The van der Waals surface area contributed by atoms with Crippen molar-refractivity contribution in [3.63, 3.8) is 0 Å². The minimum absolute atomic E-state index is 0.188. The van der Waals surface area contributed by atoms with Crippen molar-refractivity contribution in [3.05, 3.63) is 48.0 Å². The Kier molecular flexibility index (Phi) is 7.53. The lowest BCUT2D eigenvalue weighted by Gasteiger charge is -2.14. The fourth-order valence-corrected chi connectivity index (χ4v) is 3.85. The van der Waals surface area contributed by atoms with Gasteiger partial charge in [0.2, 0.25) is 10.0 Å². The molecule has 1 aliphatic rings. The van der Waals surface area contributed by atoms with E-state index in [4.69, 9.17) is 9.47 Å². The molecule has 0 aliphatic carbocycles. The van der Waals surface area contributed by atoms with E-state index in [1.54, 1.807) is 24.3 Å². The molecule has 0 unspecified atom stereocenters. The van der Waals surface area contributed by atoms with Crippen LogP contribution >= 0.6 is 0 Å². The first-order chi connectivity index (χ1) is 14.5. The van der Waals surface area contributed by atoms with E-state index in [0.717, 1.165) is 23.4 Å². The number of guanidine groups is 1. The monoisotopic (exact) mass is 432 g/mol. The lowest BCUT2D eigenvalue weighted by Crippen LogP contribution is -2.32. The van der Waals surface area contributed by atoms with Crippen molar-refractivity contribution in [2.45, 2.75) is 25.2 Å². The van der Waals surface area contributed by atoms with Gasteiger partial charge in [-0.05, 0) is 38.1 Å². The number of nitrogens with zero attached hydrogens (tertiary/aromatic N) is 1. The molecule has 0 radical (unpaired) electrons. The molecule has 9 heteroatoms. The Morgan fingerprint density at radius 1 is 1.07 bits per heavy atom. The topological polar surface area (TPSA) is 101 Å². The molecule has 162 valence electrons. The van der Waals surface area contributed by atoms with E-state index in [2.05, 4.69) is 20.3 Å². The Morgan fingerprint density at radius 2 is 1.80 bits per heavy atom. The molecule has 30 heavy (non-hydrogen) atoms. The summed E-state index contributed by atoms with van der Waals surface area (Å²) in [5.41, 5.74) is 1.81. The summed E-state index contributed by atoms with van der Waals surface area (Å²) in [4.78, 5) is 4.69. The molecule has 0 fully saturated rings. The number of ether oxygens (including phenoxy) is 2. The number of hydrogen-bond acceptors (Lipinski definition) is 5. The molecule has 2 aromatic carbocycles. The summed E-state index contributed by atoms with van der Waals surface area (Å²) in [6.07, 6.45) is 0.847. The third-order valence-corrected chi connectivity index (χ3v) is 5.84. The van der Waals surface area contributed by atoms with Crippen LogP contribution in [0.3, 0.4) is 0 Å². The minimum atomic E-state index is -3.55. The Labute approximate surface area is 177 Å². The standard InChI is InChI=1S/C21H28N4O4S/c1-3-22-21(25-17-7-10-19-20(15-17)29-14-4-13-28-19)23-11-12-24-30(26,27)18-8-5-16(2)6-9-18/h5-10,15,24H,3-4,11-14H2,1-2H3,(H2,22,23,25). The maximum atomic E-state index is 12.4. The van der Waals surface area contributed by atoms with Gasteiger partial charge >= 0.3 is 0 Å². The van der Waals surface area contributed by atoms with Gasteiger partial charge in [-0.25, -0.2) is 13.1 Å². The van der Waals surface area contributed by atoms with E-state index in [9.17, 15) is 8.42 Å². The first kappa shape index (κ1) is 21.9. The van der Waals surface area contributed by atoms with Crippen LogP contribution < -0.4 is 24.8 Å². The fraction of sp³-hybridized carbons (Fsp3) is 0.381. The molecule has 3 rings (SSSR count). The second-order valence-corrected chi connectivity index (χ2v) is 8.58. The fourth-order valence-electron chi connectivity index (χ4n) is 2.83. The molecular weight excluding hydrogens is 404 g/mol. The molecule has 8 nitrogen and oxygen atoms in total.